The van der Waals surface area contributed by atoms with Crippen LogP contribution in [0.15, 0.2) is 48.5 Å². The lowest BCUT2D eigenvalue weighted by Crippen LogP contribution is -2.35. The molecule has 2 rings (SSSR count). The largest absolute Gasteiger partial charge is 0.452 e. The Morgan fingerprint density at radius 2 is 1.77 bits per heavy atom. The fraction of sp³-hybridized carbons (Fsp3) is 0.261. The molecule has 0 radical (unpaired) electrons. The quantitative estimate of drug-likeness (QED) is 0.490. The van der Waals surface area contributed by atoms with Gasteiger partial charge in [0.2, 0.25) is 5.91 Å². The second-order valence-corrected chi connectivity index (χ2v) is 7.41. The van der Waals surface area contributed by atoms with Crippen molar-refractivity contribution in [2.45, 2.75) is 26.7 Å². The molecule has 0 saturated carbocycles. The van der Waals surface area contributed by atoms with Crippen molar-refractivity contribution >= 4 is 41.1 Å². The summed E-state index contributed by atoms with van der Waals surface area (Å²) in [6.45, 7) is 5.27. The van der Waals surface area contributed by atoms with Crippen molar-refractivity contribution in [2.24, 2.45) is 0 Å². The number of nitrogens with one attached hydrogen (secondary N) is 2. The lowest BCUT2D eigenvalue weighted by molar-refractivity contribution is -0.143. The second kappa shape index (κ2) is 11.2. The van der Waals surface area contributed by atoms with Gasteiger partial charge in [0.05, 0.1) is 6.54 Å². The van der Waals surface area contributed by atoms with E-state index >= 15 is 0 Å². The molecule has 158 valence electrons. The molecule has 30 heavy (non-hydrogen) atoms. The average Bonchev–Trinajstić information content (AvgIpc) is 2.72. The van der Waals surface area contributed by atoms with Crippen LogP contribution in [-0.2, 0) is 19.1 Å². The molecule has 2 amide bonds. The van der Waals surface area contributed by atoms with E-state index in [9.17, 15) is 14.4 Å². The fourth-order valence-electron chi connectivity index (χ4n) is 2.51. The Hall–Kier alpha value is -3.12. The van der Waals surface area contributed by atoms with Gasteiger partial charge in [-0.05, 0) is 47.7 Å². The summed E-state index contributed by atoms with van der Waals surface area (Å²) >= 11 is 6.00. The number of anilines is 1. The maximum atomic E-state index is 12.0. The van der Waals surface area contributed by atoms with Crippen molar-refractivity contribution in [3.05, 3.63) is 70.3 Å². The van der Waals surface area contributed by atoms with Crippen LogP contribution in [0.4, 0.5) is 5.69 Å². The Labute approximate surface area is 181 Å². The molecule has 2 N–H and O–H groups in total. The number of carbonyl (C=O) groups excluding carboxylic acids is 3. The molecule has 0 heterocycles. The van der Waals surface area contributed by atoms with Gasteiger partial charge in [0.15, 0.2) is 6.61 Å². The van der Waals surface area contributed by atoms with Crippen molar-refractivity contribution < 1.29 is 19.1 Å². The van der Waals surface area contributed by atoms with E-state index in [4.69, 9.17) is 16.3 Å². The van der Waals surface area contributed by atoms with Gasteiger partial charge in [-0.1, -0.05) is 55.8 Å². The van der Waals surface area contributed by atoms with E-state index in [-0.39, 0.29) is 6.54 Å². The van der Waals surface area contributed by atoms with E-state index in [0.717, 1.165) is 11.1 Å². The highest BCUT2D eigenvalue weighted by molar-refractivity contribution is 6.31. The molecule has 2 aromatic rings. The van der Waals surface area contributed by atoms with E-state index in [2.05, 4.69) is 24.5 Å². The zero-order valence-electron chi connectivity index (χ0n) is 17.2. The zero-order chi connectivity index (χ0) is 22.1. The summed E-state index contributed by atoms with van der Waals surface area (Å²) in [7, 11) is 0. The lowest BCUT2D eigenvalue weighted by atomic mass is 10.0. The van der Waals surface area contributed by atoms with Gasteiger partial charge < -0.3 is 15.4 Å². The molecule has 0 saturated heterocycles. The fourth-order valence-corrected chi connectivity index (χ4v) is 2.68. The number of amides is 2. The Morgan fingerprint density at radius 1 is 1.07 bits per heavy atom. The number of benzene rings is 2. The molecular weight excluding hydrogens is 404 g/mol. The summed E-state index contributed by atoms with van der Waals surface area (Å²) in [4.78, 5) is 35.5. The van der Waals surface area contributed by atoms with Gasteiger partial charge in [-0.25, -0.2) is 4.79 Å². The maximum absolute atomic E-state index is 12.0. The molecule has 0 aliphatic carbocycles. The van der Waals surface area contributed by atoms with Gasteiger partial charge in [-0.15, -0.1) is 0 Å². The minimum absolute atomic E-state index is 0.250. The van der Waals surface area contributed by atoms with Crippen LogP contribution in [0.25, 0.3) is 6.08 Å². The first-order chi connectivity index (χ1) is 14.3. The summed E-state index contributed by atoms with van der Waals surface area (Å²) in [5, 5.41) is 5.60. The first kappa shape index (κ1) is 23.2. The monoisotopic (exact) mass is 428 g/mol. The van der Waals surface area contributed by atoms with Gasteiger partial charge in [-0.2, -0.15) is 0 Å². The van der Waals surface area contributed by atoms with Crippen LogP contribution >= 0.6 is 11.6 Å². The summed E-state index contributed by atoms with van der Waals surface area (Å²) in [5.74, 6) is -1.19. The Morgan fingerprint density at radius 3 is 2.43 bits per heavy atom. The van der Waals surface area contributed by atoms with Gasteiger partial charge in [0, 0.05) is 16.8 Å². The van der Waals surface area contributed by atoms with Crippen molar-refractivity contribution in [3.8, 4) is 0 Å². The third-order valence-electron chi connectivity index (χ3n) is 4.35. The highest BCUT2D eigenvalue weighted by Gasteiger charge is 2.10. The van der Waals surface area contributed by atoms with E-state index in [0.29, 0.717) is 16.6 Å². The van der Waals surface area contributed by atoms with Crippen LogP contribution in [0, 0.1) is 6.92 Å². The molecule has 0 spiro atoms. The summed E-state index contributed by atoms with van der Waals surface area (Å²) < 4.78 is 4.89. The number of carbonyl (C=O) groups is 3. The third kappa shape index (κ3) is 7.37. The average molecular weight is 429 g/mol. The standard InChI is InChI=1S/C23H25ClN2O4/c1-15(2)18-10-7-17(8-11-18)9-12-23(29)30-14-22(28)25-13-21(27)26-20-6-4-5-19(24)16(20)3/h4-12,15H,13-14H2,1-3H3,(H,25,28)(H,26,27)/b12-9+. The number of ether oxygens (including phenoxy) is 1. The van der Waals surface area contributed by atoms with Crippen LogP contribution in [0.1, 0.15) is 36.5 Å². The molecule has 0 aromatic heterocycles. The van der Waals surface area contributed by atoms with Crippen LogP contribution in [0.3, 0.4) is 0 Å². The topological polar surface area (TPSA) is 84.5 Å². The molecule has 6 nitrogen and oxygen atoms in total. The molecule has 0 bridgehead atoms. The number of hydrogen-bond donors (Lipinski definition) is 2. The molecular formula is C23H25ClN2O4. The Kier molecular flexibility index (Phi) is 8.62. The van der Waals surface area contributed by atoms with Crippen molar-refractivity contribution in [1.82, 2.24) is 5.32 Å². The van der Waals surface area contributed by atoms with Gasteiger partial charge in [0.25, 0.3) is 5.91 Å². The predicted octanol–water partition coefficient (Wildman–Crippen LogP) is 4.08. The zero-order valence-corrected chi connectivity index (χ0v) is 18.0. The van der Waals surface area contributed by atoms with E-state index in [1.54, 1.807) is 31.2 Å². The van der Waals surface area contributed by atoms with Gasteiger partial charge >= 0.3 is 5.97 Å². The highest BCUT2D eigenvalue weighted by atomic mass is 35.5. The Balaban J connectivity index is 1.72. The third-order valence-corrected chi connectivity index (χ3v) is 4.76. The van der Waals surface area contributed by atoms with Crippen molar-refractivity contribution in [3.63, 3.8) is 0 Å². The molecule has 0 unspecified atom stereocenters. The summed E-state index contributed by atoms with van der Waals surface area (Å²) in [5.41, 5.74) is 3.37. The molecule has 0 atom stereocenters. The first-order valence-electron chi connectivity index (χ1n) is 9.52. The molecule has 7 heteroatoms. The van der Waals surface area contributed by atoms with Crippen LogP contribution in [0.2, 0.25) is 5.02 Å². The number of halogens is 1. The molecule has 0 fully saturated rings. The Bertz CT molecular complexity index is 937. The van der Waals surface area contributed by atoms with Crippen LogP contribution < -0.4 is 10.6 Å². The lowest BCUT2D eigenvalue weighted by Gasteiger charge is -2.10. The first-order valence-corrected chi connectivity index (χ1v) is 9.90. The SMILES string of the molecule is Cc1c(Cl)cccc1NC(=O)CNC(=O)COC(=O)/C=C/c1ccc(C(C)C)cc1. The van der Waals surface area contributed by atoms with Crippen LogP contribution in [-0.4, -0.2) is 30.9 Å². The highest BCUT2D eigenvalue weighted by Crippen LogP contribution is 2.22. The smallest absolute Gasteiger partial charge is 0.331 e. The molecule has 0 aliphatic heterocycles. The van der Waals surface area contributed by atoms with Gasteiger partial charge in [-0.3, -0.25) is 9.59 Å². The number of rotatable bonds is 8. The van der Waals surface area contributed by atoms with E-state index in [1.165, 1.54) is 11.6 Å². The van der Waals surface area contributed by atoms with Crippen LogP contribution in [0.5, 0.6) is 0 Å². The van der Waals surface area contributed by atoms with E-state index in [1.807, 2.05) is 24.3 Å². The second-order valence-electron chi connectivity index (χ2n) is 7.00. The summed E-state index contributed by atoms with van der Waals surface area (Å²) in [6, 6.07) is 13.0. The minimum Gasteiger partial charge on any atom is -0.452 e. The normalized spacial score (nSPS) is 10.8. The minimum atomic E-state index is -0.642. The predicted molar refractivity (Wildman–Crippen MR) is 118 cm³/mol. The van der Waals surface area contributed by atoms with Crippen molar-refractivity contribution in [1.29, 1.82) is 0 Å². The molecule has 0 aliphatic rings. The summed E-state index contributed by atoms with van der Waals surface area (Å²) in [6.07, 6.45) is 2.87. The van der Waals surface area contributed by atoms with Gasteiger partial charge in [0.1, 0.15) is 0 Å². The number of hydrogen-bond acceptors (Lipinski definition) is 4. The molecule has 2 aromatic carbocycles. The number of esters is 1. The maximum Gasteiger partial charge on any atom is 0.331 e. The van der Waals surface area contributed by atoms with Crippen molar-refractivity contribution in [2.75, 3.05) is 18.5 Å². The van der Waals surface area contributed by atoms with E-state index < -0.39 is 24.4 Å².